The van der Waals surface area contributed by atoms with Gasteiger partial charge in [0, 0.05) is 39.4 Å². The lowest BCUT2D eigenvalue weighted by Crippen LogP contribution is -2.17. The number of amides is 1. The average molecular weight is 384 g/mol. The van der Waals surface area contributed by atoms with Crippen molar-refractivity contribution >= 4 is 28.6 Å². The maximum Gasteiger partial charge on any atom is 0.258 e. The van der Waals surface area contributed by atoms with Crippen molar-refractivity contribution in [3.8, 4) is 0 Å². The number of aromatic nitrogens is 2. The zero-order valence-electron chi connectivity index (χ0n) is 16.4. The van der Waals surface area contributed by atoms with Crippen molar-refractivity contribution in [2.75, 3.05) is 37.5 Å². The molecule has 3 aromatic rings. The molecular formula is C21H25FN4O2. The van der Waals surface area contributed by atoms with Crippen LogP contribution in [0.15, 0.2) is 42.5 Å². The molecule has 0 aliphatic heterocycles. The van der Waals surface area contributed by atoms with Crippen LogP contribution in [0.2, 0.25) is 0 Å². The lowest BCUT2D eigenvalue weighted by atomic mass is 10.2. The van der Waals surface area contributed by atoms with E-state index >= 15 is 0 Å². The smallest absolute Gasteiger partial charge is 0.258 e. The first kappa shape index (κ1) is 19.8. The molecule has 0 spiro atoms. The lowest BCUT2D eigenvalue weighted by molar-refractivity contribution is 0.102. The summed E-state index contributed by atoms with van der Waals surface area (Å²) in [6.07, 6.45) is 0.795. The van der Waals surface area contributed by atoms with Gasteiger partial charge < -0.3 is 14.2 Å². The molecule has 3 rings (SSSR count). The second kappa shape index (κ2) is 8.84. The topological polar surface area (TPSA) is 59.4 Å². The summed E-state index contributed by atoms with van der Waals surface area (Å²) in [6.45, 7) is 3.92. The summed E-state index contributed by atoms with van der Waals surface area (Å²) in [4.78, 5) is 18.9. The van der Waals surface area contributed by atoms with E-state index in [4.69, 9.17) is 4.74 Å². The van der Waals surface area contributed by atoms with Crippen LogP contribution in [-0.2, 0) is 11.3 Å². The van der Waals surface area contributed by atoms with E-state index in [1.807, 2.05) is 35.8 Å². The lowest BCUT2D eigenvalue weighted by Gasteiger charge is -2.14. The van der Waals surface area contributed by atoms with Gasteiger partial charge in [-0.2, -0.15) is 0 Å². The Hall–Kier alpha value is -2.93. The fourth-order valence-corrected chi connectivity index (χ4v) is 3.05. The number of benzene rings is 2. The first-order chi connectivity index (χ1) is 13.5. The van der Waals surface area contributed by atoms with E-state index in [1.165, 1.54) is 6.07 Å². The molecule has 148 valence electrons. The summed E-state index contributed by atoms with van der Waals surface area (Å²) in [7, 11) is 3.51. The Morgan fingerprint density at radius 2 is 2.04 bits per heavy atom. The molecule has 0 bridgehead atoms. The molecule has 2 aromatic carbocycles. The van der Waals surface area contributed by atoms with Crippen LogP contribution in [-0.4, -0.2) is 42.8 Å². The molecule has 0 unspecified atom stereocenters. The van der Waals surface area contributed by atoms with E-state index < -0.39 is 11.7 Å². The Morgan fingerprint density at radius 3 is 2.75 bits per heavy atom. The van der Waals surface area contributed by atoms with Crippen LogP contribution in [0.1, 0.15) is 23.7 Å². The van der Waals surface area contributed by atoms with Gasteiger partial charge in [0.05, 0.1) is 16.7 Å². The van der Waals surface area contributed by atoms with Crippen molar-refractivity contribution in [3.05, 3.63) is 53.8 Å². The summed E-state index contributed by atoms with van der Waals surface area (Å²) in [5.41, 5.74) is 2.41. The van der Waals surface area contributed by atoms with E-state index in [9.17, 15) is 9.18 Å². The van der Waals surface area contributed by atoms with E-state index in [2.05, 4.69) is 10.3 Å². The highest BCUT2D eigenvalue weighted by Crippen LogP contribution is 2.22. The number of anilines is 2. The molecule has 0 fully saturated rings. The Labute approximate surface area is 163 Å². The number of hydrogen-bond acceptors (Lipinski definition) is 4. The number of aryl methyl sites for hydroxylation is 1. The van der Waals surface area contributed by atoms with Gasteiger partial charge in [-0.1, -0.05) is 12.1 Å². The van der Waals surface area contributed by atoms with Crippen molar-refractivity contribution < 1.29 is 13.9 Å². The SMILES string of the molecule is CCOCCCn1c(NC(=O)c2ccc(N(C)C)c(F)c2)nc2ccccc21. The Bertz CT molecular complexity index is 968. The minimum absolute atomic E-state index is 0.246. The average Bonchev–Trinajstić information content (AvgIpc) is 3.02. The molecule has 0 aliphatic rings. The van der Waals surface area contributed by atoms with Gasteiger partial charge in [-0.15, -0.1) is 0 Å². The van der Waals surface area contributed by atoms with Crippen molar-refractivity contribution in [3.63, 3.8) is 0 Å². The largest absolute Gasteiger partial charge is 0.382 e. The first-order valence-corrected chi connectivity index (χ1v) is 9.32. The molecule has 0 radical (unpaired) electrons. The number of nitrogens with zero attached hydrogens (tertiary/aromatic N) is 3. The van der Waals surface area contributed by atoms with Crippen LogP contribution in [0.5, 0.6) is 0 Å². The number of carbonyl (C=O) groups is 1. The molecule has 1 amide bonds. The number of halogens is 1. The summed E-state index contributed by atoms with van der Waals surface area (Å²) in [5, 5.41) is 2.82. The van der Waals surface area contributed by atoms with Crippen LogP contribution < -0.4 is 10.2 Å². The molecule has 0 atom stereocenters. The molecular weight excluding hydrogens is 359 g/mol. The van der Waals surface area contributed by atoms with E-state index in [0.29, 0.717) is 31.4 Å². The maximum absolute atomic E-state index is 14.2. The first-order valence-electron chi connectivity index (χ1n) is 9.32. The van der Waals surface area contributed by atoms with Gasteiger partial charge in [0.15, 0.2) is 0 Å². The second-order valence-electron chi connectivity index (χ2n) is 6.64. The summed E-state index contributed by atoms with van der Waals surface area (Å²) in [6, 6.07) is 12.1. The molecule has 0 saturated carbocycles. The van der Waals surface area contributed by atoms with Crippen molar-refractivity contribution in [2.24, 2.45) is 0 Å². The number of nitrogens with one attached hydrogen (secondary N) is 1. The highest BCUT2D eigenvalue weighted by Gasteiger charge is 2.16. The Morgan fingerprint density at radius 1 is 1.25 bits per heavy atom. The minimum Gasteiger partial charge on any atom is -0.382 e. The number of carbonyl (C=O) groups excluding carboxylic acids is 1. The van der Waals surface area contributed by atoms with Gasteiger partial charge in [-0.25, -0.2) is 9.37 Å². The van der Waals surface area contributed by atoms with Gasteiger partial charge >= 0.3 is 0 Å². The third-order valence-electron chi connectivity index (χ3n) is 4.45. The molecule has 28 heavy (non-hydrogen) atoms. The van der Waals surface area contributed by atoms with Crippen LogP contribution in [0.25, 0.3) is 11.0 Å². The van der Waals surface area contributed by atoms with Crippen LogP contribution >= 0.6 is 0 Å². The minimum atomic E-state index is -0.442. The number of rotatable bonds is 8. The van der Waals surface area contributed by atoms with Crippen LogP contribution in [0, 0.1) is 5.82 Å². The fourth-order valence-electron chi connectivity index (χ4n) is 3.05. The van der Waals surface area contributed by atoms with Gasteiger partial charge in [0.25, 0.3) is 5.91 Å². The number of para-hydroxylation sites is 2. The zero-order chi connectivity index (χ0) is 20.1. The number of hydrogen-bond donors (Lipinski definition) is 1. The highest BCUT2D eigenvalue weighted by atomic mass is 19.1. The summed E-state index contributed by atoms with van der Waals surface area (Å²) >= 11 is 0. The number of imidazole rings is 1. The molecule has 6 nitrogen and oxygen atoms in total. The number of ether oxygens (including phenoxy) is 1. The van der Waals surface area contributed by atoms with Gasteiger partial charge in [-0.05, 0) is 43.7 Å². The van der Waals surface area contributed by atoms with E-state index in [1.54, 1.807) is 31.1 Å². The highest BCUT2D eigenvalue weighted by molar-refractivity contribution is 6.04. The fraction of sp³-hybridized carbons (Fsp3) is 0.333. The Balaban J connectivity index is 1.84. The van der Waals surface area contributed by atoms with Gasteiger partial charge in [0.2, 0.25) is 5.95 Å². The third kappa shape index (κ3) is 4.31. The molecule has 0 saturated heterocycles. The predicted octanol–water partition coefficient (Wildman–Crippen LogP) is 3.92. The van der Waals surface area contributed by atoms with Gasteiger partial charge in [0.1, 0.15) is 5.82 Å². The quantitative estimate of drug-likeness (QED) is 0.598. The van der Waals surface area contributed by atoms with Crippen molar-refractivity contribution in [1.82, 2.24) is 9.55 Å². The normalized spacial score (nSPS) is 11.0. The van der Waals surface area contributed by atoms with Crippen molar-refractivity contribution in [1.29, 1.82) is 0 Å². The second-order valence-corrected chi connectivity index (χ2v) is 6.64. The summed E-state index contributed by atoms with van der Waals surface area (Å²) < 4.78 is 21.6. The summed E-state index contributed by atoms with van der Waals surface area (Å²) in [5.74, 6) is -0.395. The molecule has 1 N–H and O–H groups in total. The molecule has 1 heterocycles. The number of fused-ring (bicyclic) bond motifs is 1. The predicted molar refractivity (Wildman–Crippen MR) is 110 cm³/mol. The third-order valence-corrected chi connectivity index (χ3v) is 4.45. The van der Waals surface area contributed by atoms with Crippen LogP contribution in [0.4, 0.5) is 16.0 Å². The van der Waals surface area contributed by atoms with Gasteiger partial charge in [-0.3, -0.25) is 10.1 Å². The Kier molecular flexibility index (Phi) is 6.26. The monoisotopic (exact) mass is 384 g/mol. The zero-order valence-corrected chi connectivity index (χ0v) is 16.4. The molecule has 1 aromatic heterocycles. The van der Waals surface area contributed by atoms with E-state index in [-0.39, 0.29) is 5.56 Å². The maximum atomic E-state index is 14.2. The van der Waals surface area contributed by atoms with Crippen LogP contribution in [0.3, 0.4) is 0 Å². The van der Waals surface area contributed by atoms with E-state index in [0.717, 1.165) is 17.5 Å². The molecule has 0 aliphatic carbocycles. The standard InChI is InChI=1S/C21H25FN4O2/c1-4-28-13-7-12-26-19-9-6-5-8-17(19)23-21(26)24-20(27)15-10-11-18(25(2)3)16(22)14-15/h5-6,8-11,14H,4,7,12-13H2,1-3H3,(H,23,24,27). The molecule has 7 heteroatoms. The van der Waals surface area contributed by atoms with Crippen molar-refractivity contribution in [2.45, 2.75) is 19.9 Å².